The van der Waals surface area contributed by atoms with Gasteiger partial charge in [-0.2, -0.15) is 0 Å². The number of nitrogens with zero attached hydrogens (tertiary/aromatic N) is 2. The van der Waals surface area contributed by atoms with Gasteiger partial charge in [0.1, 0.15) is 10.7 Å². The van der Waals surface area contributed by atoms with Crippen molar-refractivity contribution in [1.82, 2.24) is 0 Å². The van der Waals surface area contributed by atoms with Crippen molar-refractivity contribution in [2.75, 3.05) is 23.5 Å². The molecule has 1 amide bonds. The number of para-hydroxylation sites is 1. The lowest BCUT2D eigenvalue weighted by Gasteiger charge is -2.30. The van der Waals surface area contributed by atoms with Crippen LogP contribution >= 0.6 is 24.0 Å². The zero-order valence-electron chi connectivity index (χ0n) is 15.0. The first kappa shape index (κ1) is 17.8. The van der Waals surface area contributed by atoms with Crippen LogP contribution in [0.25, 0.3) is 6.08 Å². The van der Waals surface area contributed by atoms with Crippen molar-refractivity contribution in [3.05, 3.63) is 70.8 Å². The number of hydrogen-bond acceptors (Lipinski definition) is 5. The van der Waals surface area contributed by atoms with Crippen molar-refractivity contribution >= 4 is 51.7 Å². The normalized spacial score (nSPS) is 18.9. The van der Waals surface area contributed by atoms with Gasteiger partial charge >= 0.3 is 0 Å². The van der Waals surface area contributed by atoms with Crippen LogP contribution < -0.4 is 14.5 Å². The van der Waals surface area contributed by atoms with Crippen LogP contribution in [0.1, 0.15) is 12.5 Å². The summed E-state index contributed by atoms with van der Waals surface area (Å²) in [5, 5.41) is 0. The van der Waals surface area contributed by atoms with E-state index in [4.69, 9.17) is 17.0 Å². The van der Waals surface area contributed by atoms with E-state index in [0.717, 1.165) is 34.9 Å². The van der Waals surface area contributed by atoms with Gasteiger partial charge in [-0.25, -0.2) is 0 Å². The first-order chi connectivity index (χ1) is 13.1. The molecule has 0 radical (unpaired) electrons. The number of rotatable bonds is 3. The van der Waals surface area contributed by atoms with Crippen molar-refractivity contribution in [1.29, 1.82) is 0 Å². The van der Waals surface area contributed by atoms with Crippen LogP contribution in [0, 0.1) is 0 Å². The average molecular weight is 395 g/mol. The molecule has 0 atom stereocenters. The maximum absolute atomic E-state index is 13.2. The number of fused-ring (bicyclic) bond motifs is 1. The van der Waals surface area contributed by atoms with E-state index in [1.807, 2.05) is 60.7 Å². The number of likely N-dealkylation sites (N-methyl/N-ethyl adjacent to an activating group) is 1. The van der Waals surface area contributed by atoms with Gasteiger partial charge in [0.05, 0.1) is 18.5 Å². The Morgan fingerprint density at radius 3 is 2.59 bits per heavy atom. The molecule has 0 saturated carbocycles. The second-order valence-electron chi connectivity index (χ2n) is 6.06. The maximum Gasteiger partial charge on any atom is 0.272 e. The number of carbonyl (C=O) groups is 1. The summed E-state index contributed by atoms with van der Waals surface area (Å²) in [7, 11) is 1.66. The number of ether oxygens (including phenoxy) is 1. The number of amides is 1. The summed E-state index contributed by atoms with van der Waals surface area (Å²) in [5.41, 5.74) is 3.80. The molecular formula is C21H18N2O2S2. The molecule has 4 nitrogen and oxygen atoms in total. The molecule has 0 N–H and O–H groups in total. The predicted octanol–water partition coefficient (Wildman–Crippen LogP) is 4.82. The zero-order chi connectivity index (χ0) is 19.0. The van der Waals surface area contributed by atoms with Gasteiger partial charge in [-0.3, -0.25) is 9.69 Å². The molecule has 1 fully saturated rings. The Hall–Kier alpha value is -2.57. The Kier molecular flexibility index (Phi) is 4.76. The molecule has 2 aliphatic rings. The van der Waals surface area contributed by atoms with Crippen LogP contribution in [-0.2, 0) is 4.79 Å². The van der Waals surface area contributed by atoms with Crippen molar-refractivity contribution in [2.24, 2.45) is 0 Å². The molecule has 2 aliphatic heterocycles. The molecule has 1 saturated heterocycles. The molecule has 2 aromatic rings. The number of thiocarbonyl (C=S) groups is 1. The van der Waals surface area contributed by atoms with E-state index in [2.05, 4.69) is 11.8 Å². The molecule has 0 spiro atoms. The molecule has 0 aliphatic carbocycles. The number of thioether (sulfide) groups is 1. The summed E-state index contributed by atoms with van der Waals surface area (Å²) in [6.45, 7) is 2.82. The van der Waals surface area contributed by atoms with Crippen molar-refractivity contribution < 1.29 is 9.53 Å². The average Bonchev–Trinajstić information content (AvgIpc) is 3.01. The third kappa shape index (κ3) is 3.05. The molecule has 0 bridgehead atoms. The van der Waals surface area contributed by atoms with E-state index >= 15 is 0 Å². The minimum atomic E-state index is -0.0775. The minimum Gasteiger partial charge on any atom is -0.497 e. The number of hydrogen-bond donors (Lipinski definition) is 0. The molecule has 6 heteroatoms. The zero-order valence-corrected chi connectivity index (χ0v) is 16.6. The lowest BCUT2D eigenvalue weighted by molar-refractivity contribution is -0.113. The fourth-order valence-electron chi connectivity index (χ4n) is 3.29. The predicted molar refractivity (Wildman–Crippen MR) is 116 cm³/mol. The van der Waals surface area contributed by atoms with E-state index < -0.39 is 0 Å². The minimum absolute atomic E-state index is 0.0775. The number of carbonyl (C=O) groups excluding carboxylic acids is 1. The van der Waals surface area contributed by atoms with Gasteiger partial charge in [0.25, 0.3) is 5.91 Å². The fourth-order valence-corrected chi connectivity index (χ4v) is 4.64. The summed E-state index contributed by atoms with van der Waals surface area (Å²) in [5.74, 6) is 0.736. The maximum atomic E-state index is 13.2. The van der Waals surface area contributed by atoms with Gasteiger partial charge in [-0.1, -0.05) is 48.3 Å². The SMILES string of the molecule is CCN1C(=C2SC(=S)N(c3ccccc3)C2=O)C=Cc2cc(OC)ccc21. The Labute approximate surface area is 168 Å². The van der Waals surface area contributed by atoms with Crippen molar-refractivity contribution in [3.8, 4) is 5.75 Å². The highest BCUT2D eigenvalue weighted by Crippen LogP contribution is 2.41. The second kappa shape index (κ2) is 7.21. The number of benzene rings is 2. The van der Waals surface area contributed by atoms with E-state index in [1.165, 1.54) is 11.8 Å². The molecule has 0 unspecified atom stereocenters. The van der Waals surface area contributed by atoms with Crippen LogP contribution in [0.15, 0.2) is 65.2 Å². The number of anilines is 2. The van der Waals surface area contributed by atoms with E-state index in [0.29, 0.717) is 9.23 Å². The quantitative estimate of drug-likeness (QED) is 0.550. The van der Waals surface area contributed by atoms with E-state index in [1.54, 1.807) is 12.0 Å². The summed E-state index contributed by atoms with van der Waals surface area (Å²) in [6.07, 6.45) is 4.01. The highest BCUT2D eigenvalue weighted by molar-refractivity contribution is 8.27. The number of methoxy groups -OCH3 is 1. The van der Waals surface area contributed by atoms with Gasteiger partial charge in [0.2, 0.25) is 0 Å². The highest BCUT2D eigenvalue weighted by atomic mass is 32.2. The molecule has 4 rings (SSSR count). The van der Waals surface area contributed by atoms with Gasteiger partial charge in [-0.05, 0) is 43.3 Å². The first-order valence-electron chi connectivity index (χ1n) is 8.63. The van der Waals surface area contributed by atoms with Crippen LogP contribution in [-0.4, -0.2) is 23.9 Å². The fraction of sp³-hybridized carbons (Fsp3) is 0.143. The van der Waals surface area contributed by atoms with Gasteiger partial charge in [0, 0.05) is 17.8 Å². The lowest BCUT2D eigenvalue weighted by atomic mass is 10.0. The summed E-state index contributed by atoms with van der Waals surface area (Å²) < 4.78 is 5.88. The smallest absolute Gasteiger partial charge is 0.272 e. The topological polar surface area (TPSA) is 32.8 Å². The van der Waals surface area contributed by atoms with Gasteiger partial charge in [-0.15, -0.1) is 0 Å². The van der Waals surface area contributed by atoms with E-state index in [9.17, 15) is 4.79 Å². The largest absolute Gasteiger partial charge is 0.497 e. The van der Waals surface area contributed by atoms with Crippen LogP contribution in [0.2, 0.25) is 0 Å². The first-order valence-corrected chi connectivity index (χ1v) is 9.85. The molecule has 136 valence electrons. The van der Waals surface area contributed by atoms with Crippen molar-refractivity contribution in [3.63, 3.8) is 0 Å². The van der Waals surface area contributed by atoms with Gasteiger partial charge < -0.3 is 9.64 Å². The summed E-state index contributed by atoms with van der Waals surface area (Å²) in [6, 6.07) is 15.5. The Morgan fingerprint density at radius 1 is 1.11 bits per heavy atom. The monoisotopic (exact) mass is 394 g/mol. The summed E-state index contributed by atoms with van der Waals surface area (Å²) in [4.78, 5) is 17.6. The summed E-state index contributed by atoms with van der Waals surface area (Å²) >= 11 is 6.86. The highest BCUT2D eigenvalue weighted by Gasteiger charge is 2.37. The van der Waals surface area contributed by atoms with Crippen LogP contribution in [0.4, 0.5) is 11.4 Å². The standard InChI is InChI=1S/C21H18N2O2S2/c1-3-22-17-12-10-16(25-2)13-14(17)9-11-18(22)19-20(24)23(21(26)27-19)15-7-5-4-6-8-15/h4-13H,3H2,1-2H3. The van der Waals surface area contributed by atoms with Crippen LogP contribution in [0.3, 0.4) is 0 Å². The Balaban J connectivity index is 1.77. The third-order valence-corrected chi connectivity index (χ3v) is 5.95. The third-order valence-electron chi connectivity index (χ3n) is 4.57. The van der Waals surface area contributed by atoms with Crippen LogP contribution in [0.5, 0.6) is 5.75 Å². The van der Waals surface area contributed by atoms with E-state index in [-0.39, 0.29) is 5.91 Å². The molecule has 2 aromatic carbocycles. The molecule has 0 aromatic heterocycles. The lowest BCUT2D eigenvalue weighted by Crippen LogP contribution is -2.30. The molecular weight excluding hydrogens is 376 g/mol. The van der Waals surface area contributed by atoms with Gasteiger partial charge in [0.15, 0.2) is 4.32 Å². The second-order valence-corrected chi connectivity index (χ2v) is 7.70. The Bertz CT molecular complexity index is 983. The molecule has 27 heavy (non-hydrogen) atoms. The Morgan fingerprint density at radius 2 is 1.89 bits per heavy atom. The number of allylic oxidation sites excluding steroid dienone is 1. The molecule has 2 heterocycles. The van der Waals surface area contributed by atoms with Crippen molar-refractivity contribution in [2.45, 2.75) is 6.92 Å².